The zero-order chi connectivity index (χ0) is 26.7. The molecule has 4 rings (SSSR count). The molecule has 196 valence electrons. The second kappa shape index (κ2) is 11.0. The van der Waals surface area contributed by atoms with E-state index in [1.165, 1.54) is 28.8 Å². The summed E-state index contributed by atoms with van der Waals surface area (Å²) in [5, 5.41) is 11.3. The lowest BCUT2D eigenvalue weighted by atomic mass is 9.94. The molecule has 2 aromatic carbocycles. The van der Waals surface area contributed by atoms with E-state index in [1.54, 1.807) is 12.1 Å². The van der Waals surface area contributed by atoms with Crippen molar-refractivity contribution in [1.82, 2.24) is 14.2 Å². The number of hydrogen-bond donors (Lipinski definition) is 2. The number of nitrogens with one attached hydrogen (secondary N) is 2. The van der Waals surface area contributed by atoms with Crippen LogP contribution in [0.25, 0.3) is 0 Å². The average Bonchev–Trinajstić information content (AvgIpc) is 2.85. The fraction of sp³-hybridized carbons (Fsp3) is 0.333. The molecule has 1 unspecified atom stereocenters. The Morgan fingerprint density at radius 2 is 1.84 bits per heavy atom. The van der Waals surface area contributed by atoms with E-state index in [1.807, 2.05) is 19.1 Å². The lowest BCUT2D eigenvalue weighted by molar-refractivity contribution is 0.105. The Morgan fingerprint density at radius 1 is 1.11 bits per heavy atom. The van der Waals surface area contributed by atoms with Crippen LogP contribution in [-0.4, -0.2) is 55.0 Å². The first-order valence-electron chi connectivity index (χ1n) is 12.1. The summed E-state index contributed by atoms with van der Waals surface area (Å²) in [5.74, 6) is -0.674. The SMILES string of the molecule is Cc1cc(Nc2ccc(F)cc2)c(C=N)cc1C1CN(S(=O)(=O)c2cncc(F)c2)CCN1CC(C)C. The lowest BCUT2D eigenvalue weighted by Crippen LogP contribution is -2.51. The van der Waals surface area contributed by atoms with E-state index in [0.717, 1.165) is 29.9 Å². The fourth-order valence-corrected chi connectivity index (χ4v) is 6.11. The van der Waals surface area contributed by atoms with E-state index in [9.17, 15) is 17.2 Å². The minimum Gasteiger partial charge on any atom is -0.355 e. The quantitative estimate of drug-likeness (QED) is 0.397. The smallest absolute Gasteiger partial charge is 0.244 e. The molecule has 0 aliphatic carbocycles. The van der Waals surface area contributed by atoms with Gasteiger partial charge in [-0.1, -0.05) is 13.8 Å². The zero-order valence-corrected chi connectivity index (χ0v) is 21.9. The van der Waals surface area contributed by atoms with Crippen LogP contribution in [0.3, 0.4) is 0 Å². The number of aryl methyl sites for hydroxylation is 1. The second-order valence-corrected chi connectivity index (χ2v) is 11.6. The summed E-state index contributed by atoms with van der Waals surface area (Å²) < 4.78 is 55.2. The van der Waals surface area contributed by atoms with Crippen molar-refractivity contribution in [3.8, 4) is 0 Å². The van der Waals surface area contributed by atoms with Crippen LogP contribution >= 0.6 is 0 Å². The molecule has 0 radical (unpaired) electrons. The first-order chi connectivity index (χ1) is 17.6. The molecule has 3 aromatic rings. The number of hydrogen-bond acceptors (Lipinski definition) is 6. The van der Waals surface area contributed by atoms with Crippen LogP contribution in [0.2, 0.25) is 0 Å². The lowest BCUT2D eigenvalue weighted by Gasteiger charge is -2.42. The molecule has 0 saturated carbocycles. The molecule has 0 amide bonds. The maximum atomic E-state index is 13.8. The normalized spacial score (nSPS) is 17.2. The van der Waals surface area contributed by atoms with Crippen molar-refractivity contribution in [2.45, 2.75) is 31.7 Å². The minimum absolute atomic E-state index is 0.167. The van der Waals surface area contributed by atoms with Gasteiger partial charge in [-0.3, -0.25) is 9.88 Å². The van der Waals surface area contributed by atoms with Crippen molar-refractivity contribution in [3.63, 3.8) is 0 Å². The van der Waals surface area contributed by atoms with Crippen molar-refractivity contribution in [2.75, 3.05) is 31.5 Å². The summed E-state index contributed by atoms with van der Waals surface area (Å²) in [6.45, 7) is 7.94. The zero-order valence-electron chi connectivity index (χ0n) is 21.1. The third kappa shape index (κ3) is 6.03. The van der Waals surface area contributed by atoms with Gasteiger partial charge in [-0.05, 0) is 66.4 Å². The number of benzene rings is 2. The van der Waals surface area contributed by atoms with Crippen LogP contribution < -0.4 is 5.32 Å². The third-order valence-corrected chi connectivity index (χ3v) is 8.28. The summed E-state index contributed by atoms with van der Waals surface area (Å²) >= 11 is 0. The highest BCUT2D eigenvalue weighted by Crippen LogP contribution is 2.34. The summed E-state index contributed by atoms with van der Waals surface area (Å²) in [5.41, 5.74) is 3.87. The first-order valence-corrected chi connectivity index (χ1v) is 13.5. The molecule has 0 bridgehead atoms. The van der Waals surface area contributed by atoms with Gasteiger partial charge in [0.05, 0.1) is 6.20 Å². The van der Waals surface area contributed by atoms with Crippen LogP contribution in [0.1, 0.15) is 36.6 Å². The van der Waals surface area contributed by atoms with E-state index in [0.29, 0.717) is 29.4 Å². The molecule has 0 spiro atoms. The number of halogens is 2. The predicted octanol–water partition coefficient (Wildman–Crippen LogP) is 5.11. The molecular weight excluding hydrogens is 496 g/mol. The Morgan fingerprint density at radius 3 is 2.49 bits per heavy atom. The van der Waals surface area contributed by atoms with Gasteiger partial charge in [-0.15, -0.1) is 0 Å². The summed E-state index contributed by atoms with van der Waals surface area (Å²) in [6, 6.07) is 10.6. The van der Waals surface area contributed by atoms with Crippen LogP contribution in [0.4, 0.5) is 20.2 Å². The van der Waals surface area contributed by atoms with Crippen molar-refractivity contribution in [3.05, 3.63) is 83.2 Å². The van der Waals surface area contributed by atoms with E-state index in [2.05, 4.69) is 29.0 Å². The predicted molar refractivity (Wildman–Crippen MR) is 141 cm³/mol. The van der Waals surface area contributed by atoms with E-state index in [4.69, 9.17) is 5.41 Å². The van der Waals surface area contributed by atoms with Gasteiger partial charge >= 0.3 is 0 Å². The van der Waals surface area contributed by atoms with Gasteiger partial charge in [-0.2, -0.15) is 4.31 Å². The number of pyridine rings is 1. The van der Waals surface area contributed by atoms with Crippen molar-refractivity contribution >= 4 is 27.6 Å². The topological polar surface area (TPSA) is 89.4 Å². The van der Waals surface area contributed by atoms with Gasteiger partial charge in [0, 0.05) is 61.6 Å². The molecule has 2 N–H and O–H groups in total. The number of nitrogens with zero attached hydrogens (tertiary/aromatic N) is 3. The van der Waals surface area contributed by atoms with Crippen LogP contribution in [0.15, 0.2) is 59.8 Å². The molecule has 1 aromatic heterocycles. The minimum atomic E-state index is -3.94. The Bertz CT molecular complexity index is 1380. The highest BCUT2D eigenvalue weighted by molar-refractivity contribution is 7.89. The van der Waals surface area contributed by atoms with E-state index in [-0.39, 0.29) is 29.8 Å². The number of sulfonamides is 1. The maximum Gasteiger partial charge on any atom is 0.244 e. The molecule has 2 heterocycles. The summed E-state index contributed by atoms with van der Waals surface area (Å²) in [6.07, 6.45) is 3.39. The average molecular weight is 528 g/mol. The molecular formula is C27H31F2N5O2S. The molecule has 37 heavy (non-hydrogen) atoms. The Hall–Kier alpha value is -3.21. The van der Waals surface area contributed by atoms with Crippen molar-refractivity contribution in [2.24, 2.45) is 5.92 Å². The first kappa shape index (κ1) is 26.8. The number of anilines is 2. The molecule has 7 nitrogen and oxygen atoms in total. The maximum absolute atomic E-state index is 13.8. The van der Waals surface area contributed by atoms with Gasteiger partial charge in [0.15, 0.2) is 0 Å². The summed E-state index contributed by atoms with van der Waals surface area (Å²) in [4.78, 5) is 5.82. The van der Waals surface area contributed by atoms with Gasteiger partial charge in [0.25, 0.3) is 0 Å². The van der Waals surface area contributed by atoms with E-state index < -0.39 is 15.8 Å². The number of rotatable bonds is 8. The van der Waals surface area contributed by atoms with Gasteiger partial charge in [0.2, 0.25) is 10.0 Å². The summed E-state index contributed by atoms with van der Waals surface area (Å²) in [7, 11) is -3.94. The van der Waals surface area contributed by atoms with Gasteiger partial charge < -0.3 is 10.7 Å². The van der Waals surface area contributed by atoms with Crippen molar-refractivity contribution < 1.29 is 17.2 Å². The Balaban J connectivity index is 1.70. The largest absolute Gasteiger partial charge is 0.355 e. The molecule has 10 heteroatoms. The molecule has 1 aliphatic rings. The van der Waals surface area contributed by atoms with Crippen LogP contribution in [0.5, 0.6) is 0 Å². The Kier molecular flexibility index (Phi) is 8.01. The van der Waals surface area contributed by atoms with E-state index >= 15 is 0 Å². The molecule has 1 aliphatic heterocycles. The van der Waals surface area contributed by atoms with Crippen molar-refractivity contribution in [1.29, 1.82) is 5.41 Å². The van der Waals surface area contributed by atoms with Gasteiger partial charge in [0.1, 0.15) is 16.5 Å². The molecule has 1 saturated heterocycles. The number of piperazine rings is 1. The highest BCUT2D eigenvalue weighted by atomic mass is 32.2. The molecule has 1 fully saturated rings. The third-order valence-electron chi connectivity index (χ3n) is 6.45. The highest BCUT2D eigenvalue weighted by Gasteiger charge is 2.36. The van der Waals surface area contributed by atoms with Crippen LogP contribution in [-0.2, 0) is 10.0 Å². The van der Waals surface area contributed by atoms with Gasteiger partial charge in [-0.25, -0.2) is 17.2 Å². The number of aromatic nitrogens is 1. The Labute approximate surface area is 216 Å². The fourth-order valence-electron chi connectivity index (χ4n) is 4.70. The second-order valence-electron chi connectivity index (χ2n) is 9.68. The monoisotopic (exact) mass is 527 g/mol. The van der Waals surface area contributed by atoms with Crippen LogP contribution in [0, 0.1) is 29.9 Å². The standard InChI is InChI=1S/C27H31F2N5O2S/c1-18(2)16-33-8-9-34(37(35,36)24-12-22(29)14-31-15-24)17-27(33)25-11-20(13-30)26(10-19(25)3)32-23-6-4-21(28)5-7-23/h4-7,10-15,18,27,30,32H,8-9,16-17H2,1-3H3. The molecule has 1 atom stereocenters.